The fraction of sp³-hybridized carbons (Fsp3) is 0.0500. The third-order valence-corrected chi connectivity index (χ3v) is 13.6. The fourth-order valence-corrected chi connectivity index (χ4v) is 10.5. The van der Waals surface area contributed by atoms with E-state index in [1.165, 1.54) is 49.5 Å². The molecule has 0 N–H and O–H groups in total. The number of aromatic nitrogens is 5. The highest BCUT2D eigenvalue weighted by atomic mass is 15.2. The molecule has 0 bridgehead atoms. The van der Waals surface area contributed by atoms with Gasteiger partial charge in [-0.15, -0.1) is 0 Å². The van der Waals surface area contributed by atoms with Gasteiger partial charge in [0.25, 0.3) is 0 Å². The van der Waals surface area contributed by atoms with Gasteiger partial charge in [0.2, 0.25) is 5.95 Å². The van der Waals surface area contributed by atoms with Gasteiger partial charge < -0.3 is 4.57 Å². The predicted octanol–water partition coefficient (Wildman–Crippen LogP) is 15.0. The van der Waals surface area contributed by atoms with Crippen LogP contribution in [0.5, 0.6) is 0 Å². The van der Waals surface area contributed by atoms with Gasteiger partial charge in [0.05, 0.1) is 22.1 Å². The molecule has 1 aliphatic rings. The Morgan fingerprint density at radius 1 is 0.354 bits per heavy atom. The summed E-state index contributed by atoms with van der Waals surface area (Å²) in [5, 5.41) is 4.72. The van der Waals surface area contributed by atoms with Crippen molar-refractivity contribution in [2.24, 2.45) is 0 Å². The van der Waals surface area contributed by atoms with Crippen LogP contribution < -0.4 is 0 Å². The zero-order valence-electron chi connectivity index (χ0n) is 35.9. The second-order valence-corrected chi connectivity index (χ2v) is 17.6. The molecule has 0 amide bonds. The first-order valence-electron chi connectivity index (χ1n) is 22.3. The highest BCUT2D eigenvalue weighted by molar-refractivity contribution is 6.13. The van der Waals surface area contributed by atoms with E-state index in [9.17, 15) is 0 Å². The average molecular weight is 832 g/mol. The van der Waals surface area contributed by atoms with E-state index in [2.05, 4.69) is 235 Å². The molecule has 0 aliphatic heterocycles. The molecule has 65 heavy (non-hydrogen) atoms. The molecule has 5 heteroatoms. The molecule has 0 saturated carbocycles. The standard InChI is InChI=1S/C60H41N5/c1-60(2)51-25-12-9-22-45(51)49-34-35-50-47-24-11-14-27-53(47)65(56(50)55(49)60)59-62-57(40-30-28-39(29-31-40)42-19-15-18-41(36-42)38-16-5-3-6-17-38)61-58(63-59)43-32-33-48-46-23-10-13-26-52(46)64(54(48)37-43)44-20-7-4-8-21-44/h3-37H,1-2H3. The van der Waals surface area contributed by atoms with Gasteiger partial charge in [0.1, 0.15) is 0 Å². The van der Waals surface area contributed by atoms with Crippen LogP contribution in [0.1, 0.15) is 25.0 Å². The fourth-order valence-electron chi connectivity index (χ4n) is 10.5. The summed E-state index contributed by atoms with van der Waals surface area (Å²) in [6.45, 7) is 4.70. The summed E-state index contributed by atoms with van der Waals surface area (Å²) in [5.74, 6) is 1.80. The van der Waals surface area contributed by atoms with Crippen LogP contribution in [0, 0.1) is 0 Å². The topological polar surface area (TPSA) is 48.5 Å². The Labute approximate surface area is 376 Å². The number of hydrogen-bond acceptors (Lipinski definition) is 3. The number of benzene rings is 9. The van der Waals surface area contributed by atoms with Crippen molar-refractivity contribution in [3.63, 3.8) is 0 Å². The van der Waals surface area contributed by atoms with Gasteiger partial charge in [-0.1, -0.05) is 190 Å². The average Bonchev–Trinajstić information content (AvgIpc) is 3.97. The van der Waals surface area contributed by atoms with Crippen LogP contribution >= 0.6 is 0 Å². The number of hydrogen-bond donors (Lipinski definition) is 0. The SMILES string of the molecule is CC1(C)c2ccccc2-c2ccc3c4ccccc4n(-c4nc(-c5ccc(-c6cccc(-c7ccccc7)c6)cc5)nc(-c5ccc6c7ccccc7n(-c7ccccc7)c6c5)n4)c3c21. The lowest BCUT2D eigenvalue weighted by atomic mass is 9.81. The Bertz CT molecular complexity index is 3840. The summed E-state index contributed by atoms with van der Waals surface area (Å²) in [5.41, 5.74) is 16.9. The summed E-state index contributed by atoms with van der Waals surface area (Å²) in [6.07, 6.45) is 0. The molecule has 0 spiro atoms. The molecular formula is C60H41N5. The maximum absolute atomic E-state index is 5.49. The molecule has 9 aromatic carbocycles. The Morgan fingerprint density at radius 3 is 1.65 bits per heavy atom. The lowest BCUT2D eigenvalue weighted by Crippen LogP contribution is -2.17. The molecule has 0 saturated heterocycles. The molecule has 12 aromatic rings. The van der Waals surface area contributed by atoms with Gasteiger partial charge in [0, 0.05) is 43.8 Å². The van der Waals surface area contributed by atoms with Crippen LogP contribution in [0.2, 0.25) is 0 Å². The number of para-hydroxylation sites is 3. The van der Waals surface area contributed by atoms with E-state index in [1.807, 2.05) is 0 Å². The normalized spacial score (nSPS) is 12.9. The van der Waals surface area contributed by atoms with E-state index >= 15 is 0 Å². The largest absolute Gasteiger partial charge is 0.309 e. The summed E-state index contributed by atoms with van der Waals surface area (Å²) < 4.78 is 4.65. The van der Waals surface area contributed by atoms with Crippen LogP contribution in [0.25, 0.3) is 111 Å². The van der Waals surface area contributed by atoms with E-state index < -0.39 is 0 Å². The smallest absolute Gasteiger partial charge is 0.238 e. The Balaban J connectivity index is 1.05. The number of fused-ring (bicyclic) bond motifs is 10. The lowest BCUT2D eigenvalue weighted by Gasteiger charge is -2.23. The molecule has 0 radical (unpaired) electrons. The van der Waals surface area contributed by atoms with Gasteiger partial charge in [0.15, 0.2) is 11.6 Å². The van der Waals surface area contributed by atoms with E-state index in [0.29, 0.717) is 17.6 Å². The number of rotatable bonds is 6. The van der Waals surface area contributed by atoms with Crippen molar-refractivity contribution in [1.82, 2.24) is 24.1 Å². The van der Waals surface area contributed by atoms with Crippen molar-refractivity contribution in [3.05, 3.63) is 223 Å². The minimum Gasteiger partial charge on any atom is -0.309 e. The van der Waals surface area contributed by atoms with Crippen molar-refractivity contribution >= 4 is 43.6 Å². The van der Waals surface area contributed by atoms with E-state index in [4.69, 9.17) is 15.0 Å². The second-order valence-electron chi connectivity index (χ2n) is 17.6. The molecule has 13 rings (SSSR count). The van der Waals surface area contributed by atoms with Crippen LogP contribution in [0.4, 0.5) is 0 Å². The molecular weight excluding hydrogens is 791 g/mol. The van der Waals surface area contributed by atoms with Gasteiger partial charge >= 0.3 is 0 Å². The first kappa shape index (κ1) is 37.2. The minimum absolute atomic E-state index is 0.264. The third-order valence-electron chi connectivity index (χ3n) is 13.6. The van der Waals surface area contributed by atoms with Gasteiger partial charge in [-0.3, -0.25) is 4.57 Å². The number of nitrogens with zero attached hydrogens (tertiary/aromatic N) is 5. The lowest BCUT2D eigenvalue weighted by molar-refractivity contribution is 0.663. The van der Waals surface area contributed by atoms with Crippen molar-refractivity contribution in [1.29, 1.82) is 0 Å². The molecule has 306 valence electrons. The maximum Gasteiger partial charge on any atom is 0.238 e. The summed E-state index contributed by atoms with van der Waals surface area (Å²) >= 11 is 0. The first-order chi connectivity index (χ1) is 32.0. The summed E-state index contributed by atoms with van der Waals surface area (Å²) in [4.78, 5) is 16.3. The Kier molecular flexibility index (Phi) is 8.18. The van der Waals surface area contributed by atoms with Crippen molar-refractivity contribution in [2.75, 3.05) is 0 Å². The molecule has 0 fully saturated rings. The molecule has 3 heterocycles. The van der Waals surface area contributed by atoms with Gasteiger partial charge in [-0.05, 0) is 80.9 Å². The molecule has 1 aliphatic carbocycles. The second kappa shape index (κ2) is 14.3. The quantitative estimate of drug-likeness (QED) is 0.168. The Morgan fingerprint density at radius 2 is 0.892 bits per heavy atom. The minimum atomic E-state index is -0.264. The molecule has 0 atom stereocenters. The molecule has 0 unspecified atom stereocenters. The van der Waals surface area contributed by atoms with E-state index in [0.717, 1.165) is 55.4 Å². The van der Waals surface area contributed by atoms with E-state index in [-0.39, 0.29) is 5.41 Å². The van der Waals surface area contributed by atoms with Crippen LogP contribution in [-0.2, 0) is 5.41 Å². The van der Waals surface area contributed by atoms with Crippen LogP contribution in [0.3, 0.4) is 0 Å². The van der Waals surface area contributed by atoms with E-state index in [1.54, 1.807) is 0 Å². The predicted molar refractivity (Wildman–Crippen MR) is 268 cm³/mol. The van der Waals surface area contributed by atoms with Gasteiger partial charge in [-0.2, -0.15) is 9.97 Å². The van der Waals surface area contributed by atoms with Crippen molar-refractivity contribution in [2.45, 2.75) is 19.3 Å². The summed E-state index contributed by atoms with van der Waals surface area (Å²) in [6, 6.07) is 75.9. The summed E-state index contributed by atoms with van der Waals surface area (Å²) in [7, 11) is 0. The first-order valence-corrected chi connectivity index (χ1v) is 22.3. The molecule has 5 nitrogen and oxygen atoms in total. The van der Waals surface area contributed by atoms with Crippen LogP contribution in [0.15, 0.2) is 212 Å². The monoisotopic (exact) mass is 831 g/mol. The highest BCUT2D eigenvalue weighted by Crippen LogP contribution is 2.53. The maximum atomic E-state index is 5.49. The highest BCUT2D eigenvalue weighted by Gasteiger charge is 2.38. The zero-order chi connectivity index (χ0) is 43.2. The third kappa shape index (κ3) is 5.75. The van der Waals surface area contributed by atoms with Crippen LogP contribution in [-0.4, -0.2) is 24.1 Å². The van der Waals surface area contributed by atoms with Crippen molar-refractivity contribution < 1.29 is 0 Å². The Hall–Kier alpha value is -8.41. The van der Waals surface area contributed by atoms with Gasteiger partial charge in [-0.25, -0.2) is 4.98 Å². The molecule has 3 aromatic heterocycles. The van der Waals surface area contributed by atoms with Crippen molar-refractivity contribution in [3.8, 4) is 67.8 Å². The zero-order valence-corrected chi connectivity index (χ0v) is 35.9.